The molecule has 2 unspecified atom stereocenters. The summed E-state index contributed by atoms with van der Waals surface area (Å²) < 4.78 is 0. The van der Waals surface area contributed by atoms with Gasteiger partial charge in [-0.2, -0.15) is 5.26 Å². The molecule has 0 saturated carbocycles. The third kappa shape index (κ3) is 3.99. The van der Waals surface area contributed by atoms with Crippen molar-refractivity contribution in [3.63, 3.8) is 0 Å². The molecular formula is C17H24N4O2. The van der Waals surface area contributed by atoms with E-state index in [1.807, 2.05) is 6.07 Å². The summed E-state index contributed by atoms with van der Waals surface area (Å²) in [6.07, 6.45) is 2.93. The molecule has 3 N–H and O–H groups in total. The van der Waals surface area contributed by atoms with Crippen LogP contribution in [-0.4, -0.2) is 29.5 Å². The molecule has 0 spiro atoms. The normalized spacial score (nSPS) is 20.8. The fourth-order valence-corrected chi connectivity index (χ4v) is 3.18. The molecule has 6 nitrogen and oxygen atoms in total. The number of carbonyl (C=O) groups excluding carboxylic acids is 1. The smallest absolute Gasteiger partial charge is 0.266 e. The van der Waals surface area contributed by atoms with Crippen molar-refractivity contribution in [1.29, 1.82) is 5.26 Å². The molecule has 23 heavy (non-hydrogen) atoms. The van der Waals surface area contributed by atoms with Crippen LogP contribution in [0.3, 0.4) is 0 Å². The fraction of sp³-hybridized carbons (Fsp3) is 0.588. The number of hydrogen-bond acceptors (Lipinski definition) is 4. The highest BCUT2D eigenvalue weighted by molar-refractivity contribution is 5.76. The third-order valence-electron chi connectivity index (χ3n) is 4.63. The summed E-state index contributed by atoms with van der Waals surface area (Å²) in [4.78, 5) is 26.6. The van der Waals surface area contributed by atoms with Crippen LogP contribution >= 0.6 is 0 Å². The number of hydrogen-bond donors (Lipinski definition) is 3. The Balaban J connectivity index is 2.02. The van der Waals surface area contributed by atoms with E-state index in [-0.39, 0.29) is 29.1 Å². The lowest BCUT2D eigenvalue weighted by molar-refractivity contribution is -0.122. The molecule has 0 radical (unpaired) electrons. The van der Waals surface area contributed by atoms with Gasteiger partial charge in [0.05, 0.1) is 0 Å². The van der Waals surface area contributed by atoms with Crippen LogP contribution in [0.2, 0.25) is 0 Å². The number of nitrogens with one attached hydrogen (secondary N) is 3. The maximum absolute atomic E-state index is 12.2. The van der Waals surface area contributed by atoms with Crippen LogP contribution < -0.4 is 16.2 Å². The second kappa shape index (κ2) is 7.42. The van der Waals surface area contributed by atoms with Crippen LogP contribution in [0.4, 0.5) is 0 Å². The lowest BCUT2D eigenvalue weighted by atomic mass is 9.97. The number of rotatable bonds is 4. The van der Waals surface area contributed by atoms with Gasteiger partial charge in [0.2, 0.25) is 5.91 Å². The van der Waals surface area contributed by atoms with Gasteiger partial charge in [0.15, 0.2) is 0 Å². The number of aryl methyl sites for hydroxylation is 1. The first kappa shape index (κ1) is 17.2. The molecule has 1 fully saturated rings. The number of aromatic nitrogens is 1. The van der Waals surface area contributed by atoms with E-state index >= 15 is 0 Å². The molecule has 0 aliphatic carbocycles. The Morgan fingerprint density at radius 3 is 2.83 bits per heavy atom. The SMILES string of the molecule is Cc1[nH]c(=O)c(C#N)c(C)c1CCC(=O)NC1CCCNC1C. The van der Waals surface area contributed by atoms with E-state index in [9.17, 15) is 9.59 Å². The van der Waals surface area contributed by atoms with Crippen molar-refractivity contribution >= 4 is 5.91 Å². The van der Waals surface area contributed by atoms with Gasteiger partial charge in [-0.1, -0.05) is 0 Å². The molecule has 2 rings (SSSR count). The first-order valence-electron chi connectivity index (χ1n) is 8.09. The number of pyridine rings is 1. The molecule has 2 atom stereocenters. The second-order valence-corrected chi connectivity index (χ2v) is 6.23. The average molecular weight is 316 g/mol. The van der Waals surface area contributed by atoms with Crippen molar-refractivity contribution < 1.29 is 4.79 Å². The number of piperidine rings is 1. The first-order valence-corrected chi connectivity index (χ1v) is 8.09. The quantitative estimate of drug-likeness (QED) is 0.773. The number of carbonyl (C=O) groups is 1. The predicted molar refractivity (Wildman–Crippen MR) is 88.2 cm³/mol. The van der Waals surface area contributed by atoms with Gasteiger partial charge in [0.1, 0.15) is 11.6 Å². The topological polar surface area (TPSA) is 97.8 Å². The van der Waals surface area contributed by atoms with Gasteiger partial charge >= 0.3 is 0 Å². The van der Waals surface area contributed by atoms with Crippen molar-refractivity contribution in [3.8, 4) is 6.07 Å². The zero-order chi connectivity index (χ0) is 17.0. The van der Waals surface area contributed by atoms with Crippen LogP contribution in [0, 0.1) is 25.2 Å². The van der Waals surface area contributed by atoms with Crippen molar-refractivity contribution in [2.75, 3.05) is 6.54 Å². The van der Waals surface area contributed by atoms with Crippen LogP contribution in [0.5, 0.6) is 0 Å². The monoisotopic (exact) mass is 316 g/mol. The summed E-state index contributed by atoms with van der Waals surface area (Å²) in [6, 6.07) is 2.39. The standard InChI is InChI=1S/C17H24N4O2/c1-10-13(11(2)20-17(23)14(10)9-18)6-7-16(22)21-15-5-4-8-19-12(15)3/h12,15,19H,4-8H2,1-3H3,(H,20,23)(H,21,22). The highest BCUT2D eigenvalue weighted by Gasteiger charge is 2.22. The van der Waals surface area contributed by atoms with Crippen LogP contribution in [-0.2, 0) is 11.2 Å². The van der Waals surface area contributed by atoms with E-state index in [1.165, 1.54) is 0 Å². The highest BCUT2D eigenvalue weighted by Crippen LogP contribution is 2.15. The van der Waals surface area contributed by atoms with Crippen LogP contribution in [0.25, 0.3) is 0 Å². The minimum atomic E-state index is -0.363. The van der Waals surface area contributed by atoms with Crippen LogP contribution in [0.1, 0.15) is 48.6 Å². The van der Waals surface area contributed by atoms with E-state index in [0.717, 1.165) is 30.6 Å². The average Bonchev–Trinajstić information content (AvgIpc) is 2.49. The van der Waals surface area contributed by atoms with Gasteiger partial charge in [0, 0.05) is 24.2 Å². The molecule has 1 aliphatic rings. The van der Waals surface area contributed by atoms with Gasteiger partial charge in [-0.3, -0.25) is 9.59 Å². The van der Waals surface area contributed by atoms with Crippen molar-refractivity contribution in [2.45, 2.75) is 58.5 Å². The van der Waals surface area contributed by atoms with Gasteiger partial charge < -0.3 is 15.6 Å². The molecule has 124 valence electrons. The molecule has 6 heteroatoms. The minimum absolute atomic E-state index is 0.00839. The fourth-order valence-electron chi connectivity index (χ4n) is 3.18. The van der Waals surface area contributed by atoms with E-state index in [4.69, 9.17) is 5.26 Å². The Hall–Kier alpha value is -2.13. The maximum Gasteiger partial charge on any atom is 0.266 e. The van der Waals surface area contributed by atoms with Gasteiger partial charge in [-0.05, 0) is 57.7 Å². The molecule has 1 aliphatic heterocycles. The number of amides is 1. The molecule has 0 aromatic carbocycles. The van der Waals surface area contributed by atoms with Crippen LogP contribution in [0.15, 0.2) is 4.79 Å². The van der Waals surface area contributed by atoms with Gasteiger partial charge in [0.25, 0.3) is 5.56 Å². The van der Waals surface area contributed by atoms with Gasteiger partial charge in [-0.15, -0.1) is 0 Å². The molecule has 1 aromatic rings. The lowest BCUT2D eigenvalue weighted by Crippen LogP contribution is -2.51. The van der Waals surface area contributed by atoms with Crippen molar-refractivity contribution in [2.24, 2.45) is 0 Å². The van der Waals surface area contributed by atoms with Crippen molar-refractivity contribution in [3.05, 3.63) is 32.7 Å². The minimum Gasteiger partial charge on any atom is -0.352 e. The zero-order valence-electron chi connectivity index (χ0n) is 14.0. The third-order valence-corrected chi connectivity index (χ3v) is 4.63. The van der Waals surface area contributed by atoms with E-state index in [2.05, 4.69) is 22.5 Å². The Bertz CT molecular complexity index is 687. The summed E-state index contributed by atoms with van der Waals surface area (Å²) in [6.45, 7) is 6.65. The Labute approximate surface area is 136 Å². The first-order chi connectivity index (χ1) is 10.9. The number of nitrogens with zero attached hydrogens (tertiary/aromatic N) is 1. The van der Waals surface area contributed by atoms with Crippen molar-refractivity contribution in [1.82, 2.24) is 15.6 Å². The van der Waals surface area contributed by atoms with Gasteiger partial charge in [-0.25, -0.2) is 0 Å². The predicted octanol–water partition coefficient (Wildman–Crippen LogP) is 1.05. The van der Waals surface area contributed by atoms with E-state index in [0.29, 0.717) is 18.4 Å². The Morgan fingerprint density at radius 1 is 1.43 bits per heavy atom. The molecule has 0 bridgehead atoms. The summed E-state index contributed by atoms with van der Waals surface area (Å²) in [5.41, 5.74) is 2.06. The maximum atomic E-state index is 12.2. The molecular weight excluding hydrogens is 292 g/mol. The number of aromatic amines is 1. The summed E-state index contributed by atoms with van der Waals surface area (Å²) >= 11 is 0. The molecule has 2 heterocycles. The lowest BCUT2D eigenvalue weighted by Gasteiger charge is -2.30. The molecule has 1 amide bonds. The highest BCUT2D eigenvalue weighted by atomic mass is 16.1. The summed E-state index contributed by atoms with van der Waals surface area (Å²) in [7, 11) is 0. The summed E-state index contributed by atoms with van der Waals surface area (Å²) in [5, 5.41) is 15.5. The molecule has 1 aromatic heterocycles. The Kier molecular flexibility index (Phi) is 5.56. The van der Waals surface area contributed by atoms with E-state index in [1.54, 1.807) is 13.8 Å². The molecule has 1 saturated heterocycles. The number of H-pyrrole nitrogens is 1. The largest absolute Gasteiger partial charge is 0.352 e. The second-order valence-electron chi connectivity index (χ2n) is 6.23. The summed E-state index contributed by atoms with van der Waals surface area (Å²) in [5.74, 6) is 0.00839. The number of nitriles is 1. The zero-order valence-corrected chi connectivity index (χ0v) is 14.0. The Morgan fingerprint density at radius 2 is 2.17 bits per heavy atom. The van der Waals surface area contributed by atoms with E-state index < -0.39 is 0 Å².